The van der Waals surface area contributed by atoms with Crippen molar-refractivity contribution in [1.29, 1.82) is 0 Å². The largest absolute Gasteiger partial charge is 0.297 e. The molecule has 1 fully saturated rings. The topological polar surface area (TPSA) is 49.4 Å². The Hall–Kier alpha value is -1.69. The van der Waals surface area contributed by atoms with Gasteiger partial charge in [-0.05, 0) is 74.4 Å². The zero-order chi connectivity index (χ0) is 19.8. The fourth-order valence-electron chi connectivity index (χ4n) is 4.06. The Morgan fingerprint density at radius 1 is 0.926 bits per heavy atom. The van der Waals surface area contributed by atoms with Gasteiger partial charge < -0.3 is 0 Å². The first-order valence-electron chi connectivity index (χ1n) is 9.56. The van der Waals surface area contributed by atoms with Gasteiger partial charge in [-0.3, -0.25) is 4.90 Å². The normalized spacial score (nSPS) is 18.2. The number of nitrogens with one attached hydrogen (secondary N) is 1. The van der Waals surface area contributed by atoms with E-state index in [1.165, 1.54) is 11.1 Å². The molecule has 1 aliphatic heterocycles. The van der Waals surface area contributed by atoms with Crippen LogP contribution in [0.2, 0.25) is 0 Å². The number of sulfonamides is 1. The molecule has 0 bridgehead atoms. The highest BCUT2D eigenvalue weighted by Gasteiger charge is 2.30. The van der Waals surface area contributed by atoms with Crippen LogP contribution >= 0.6 is 0 Å². The van der Waals surface area contributed by atoms with Gasteiger partial charge in [0, 0.05) is 25.7 Å². The van der Waals surface area contributed by atoms with Gasteiger partial charge in [-0.25, -0.2) is 13.1 Å². The van der Waals surface area contributed by atoms with Crippen molar-refractivity contribution in [3.63, 3.8) is 0 Å². The molecule has 1 atom stereocenters. The standard InChI is InChI=1S/C22H30N2O2S/c1-15-16(2)18(4)22(19(5)17(15)3)27(25,26)23-21-11-12-24(14-21)13-20-9-7-6-8-10-20/h6-10,21,23H,11-14H2,1-5H3. The highest BCUT2D eigenvalue weighted by Crippen LogP contribution is 2.30. The molecule has 1 aliphatic rings. The van der Waals surface area contributed by atoms with Crippen LogP contribution in [0.1, 0.15) is 39.8 Å². The number of likely N-dealkylation sites (tertiary alicyclic amines) is 1. The van der Waals surface area contributed by atoms with Crippen molar-refractivity contribution < 1.29 is 8.42 Å². The van der Waals surface area contributed by atoms with Crippen LogP contribution < -0.4 is 4.72 Å². The molecule has 0 amide bonds. The summed E-state index contributed by atoms with van der Waals surface area (Å²) in [7, 11) is -3.54. The molecule has 1 saturated heterocycles. The van der Waals surface area contributed by atoms with E-state index in [9.17, 15) is 8.42 Å². The third-order valence-electron chi connectivity index (χ3n) is 6.04. The van der Waals surface area contributed by atoms with Crippen LogP contribution in [-0.2, 0) is 16.6 Å². The minimum absolute atomic E-state index is 0.0422. The van der Waals surface area contributed by atoms with Gasteiger partial charge in [0.2, 0.25) is 10.0 Å². The second-order valence-corrected chi connectivity index (χ2v) is 9.43. The highest BCUT2D eigenvalue weighted by molar-refractivity contribution is 7.89. The first-order valence-corrected chi connectivity index (χ1v) is 11.0. The summed E-state index contributed by atoms with van der Waals surface area (Å²) in [5.41, 5.74) is 6.30. The molecule has 0 saturated carbocycles. The zero-order valence-electron chi connectivity index (χ0n) is 17.0. The maximum Gasteiger partial charge on any atom is 0.241 e. The van der Waals surface area contributed by atoms with Crippen LogP contribution in [0.5, 0.6) is 0 Å². The maximum atomic E-state index is 13.2. The highest BCUT2D eigenvalue weighted by atomic mass is 32.2. The van der Waals surface area contributed by atoms with Gasteiger partial charge in [-0.2, -0.15) is 0 Å². The Morgan fingerprint density at radius 2 is 1.48 bits per heavy atom. The predicted octanol–water partition coefficient (Wildman–Crippen LogP) is 3.78. The lowest BCUT2D eigenvalue weighted by Gasteiger charge is -2.21. The molecule has 4 nitrogen and oxygen atoms in total. The van der Waals surface area contributed by atoms with Crippen molar-refractivity contribution in [1.82, 2.24) is 9.62 Å². The average Bonchev–Trinajstić information content (AvgIpc) is 3.05. The van der Waals surface area contributed by atoms with E-state index in [1.54, 1.807) is 0 Å². The third-order valence-corrected chi connectivity index (χ3v) is 7.84. The van der Waals surface area contributed by atoms with E-state index in [0.717, 1.165) is 48.3 Å². The van der Waals surface area contributed by atoms with Crippen molar-refractivity contribution in [2.45, 2.75) is 58.5 Å². The minimum Gasteiger partial charge on any atom is -0.297 e. The Kier molecular flexibility index (Phi) is 5.75. The molecule has 1 N–H and O–H groups in total. The molecule has 146 valence electrons. The van der Waals surface area contributed by atoms with Crippen molar-refractivity contribution in [3.8, 4) is 0 Å². The molecule has 27 heavy (non-hydrogen) atoms. The molecule has 5 heteroatoms. The molecule has 1 unspecified atom stereocenters. The van der Waals surface area contributed by atoms with E-state index < -0.39 is 10.0 Å². The van der Waals surface area contributed by atoms with E-state index in [0.29, 0.717) is 4.90 Å². The Morgan fingerprint density at radius 3 is 2.07 bits per heavy atom. The van der Waals surface area contributed by atoms with Gasteiger partial charge in [-0.1, -0.05) is 30.3 Å². The Labute approximate surface area is 163 Å². The molecule has 2 aromatic rings. The lowest BCUT2D eigenvalue weighted by Crippen LogP contribution is -2.37. The zero-order valence-corrected chi connectivity index (χ0v) is 17.8. The molecule has 2 aromatic carbocycles. The first-order chi connectivity index (χ1) is 12.7. The van der Waals surface area contributed by atoms with Gasteiger partial charge >= 0.3 is 0 Å². The van der Waals surface area contributed by atoms with Gasteiger partial charge in [0.15, 0.2) is 0 Å². The average molecular weight is 387 g/mol. The molecule has 0 aliphatic carbocycles. The van der Waals surface area contributed by atoms with Crippen LogP contribution in [0, 0.1) is 34.6 Å². The number of rotatable bonds is 5. The molecule has 0 radical (unpaired) electrons. The van der Waals surface area contributed by atoms with Crippen LogP contribution in [0.25, 0.3) is 0 Å². The lowest BCUT2D eigenvalue weighted by atomic mass is 9.95. The van der Waals surface area contributed by atoms with Crippen LogP contribution in [0.4, 0.5) is 0 Å². The van der Waals surface area contributed by atoms with E-state index >= 15 is 0 Å². The van der Waals surface area contributed by atoms with E-state index in [1.807, 2.05) is 45.9 Å². The predicted molar refractivity (Wildman–Crippen MR) is 111 cm³/mol. The van der Waals surface area contributed by atoms with Crippen LogP contribution in [-0.4, -0.2) is 32.4 Å². The fraction of sp³-hybridized carbons (Fsp3) is 0.455. The number of benzene rings is 2. The summed E-state index contributed by atoms with van der Waals surface area (Å²) in [6, 6.07) is 10.3. The number of nitrogens with zero attached hydrogens (tertiary/aromatic N) is 1. The maximum absolute atomic E-state index is 13.2. The fourth-order valence-corrected chi connectivity index (χ4v) is 5.92. The van der Waals surface area contributed by atoms with E-state index in [-0.39, 0.29) is 6.04 Å². The molecule has 0 aromatic heterocycles. The van der Waals surface area contributed by atoms with Crippen molar-refractivity contribution >= 4 is 10.0 Å². The monoisotopic (exact) mass is 386 g/mol. The van der Waals surface area contributed by atoms with E-state index in [4.69, 9.17) is 0 Å². The number of hydrogen-bond acceptors (Lipinski definition) is 3. The van der Waals surface area contributed by atoms with Gasteiger partial charge in [0.25, 0.3) is 0 Å². The molecule has 1 heterocycles. The van der Waals surface area contributed by atoms with Crippen LogP contribution in [0.15, 0.2) is 35.2 Å². The third kappa shape index (κ3) is 4.10. The summed E-state index contributed by atoms with van der Waals surface area (Å²) in [6.45, 7) is 12.4. The molecule has 0 spiro atoms. The smallest absolute Gasteiger partial charge is 0.241 e. The molecule has 3 rings (SSSR count). The Bertz CT molecular complexity index is 908. The Balaban J connectivity index is 1.77. The van der Waals surface area contributed by atoms with Crippen molar-refractivity contribution in [3.05, 3.63) is 63.7 Å². The summed E-state index contributed by atoms with van der Waals surface area (Å²) in [6.07, 6.45) is 0.841. The number of hydrogen-bond donors (Lipinski definition) is 1. The van der Waals surface area contributed by atoms with E-state index in [2.05, 4.69) is 28.7 Å². The van der Waals surface area contributed by atoms with Gasteiger partial charge in [0.1, 0.15) is 0 Å². The minimum atomic E-state index is -3.54. The summed E-state index contributed by atoms with van der Waals surface area (Å²) in [5, 5.41) is 0. The summed E-state index contributed by atoms with van der Waals surface area (Å²) in [4.78, 5) is 2.78. The first kappa shape index (κ1) is 20.1. The van der Waals surface area contributed by atoms with Gasteiger partial charge in [0.05, 0.1) is 4.90 Å². The summed E-state index contributed by atoms with van der Waals surface area (Å²) >= 11 is 0. The SMILES string of the molecule is Cc1c(C)c(C)c(S(=O)(=O)NC2CCN(Cc3ccccc3)C2)c(C)c1C. The van der Waals surface area contributed by atoms with Gasteiger partial charge in [-0.15, -0.1) is 0 Å². The molecular formula is C22H30N2O2S. The van der Waals surface area contributed by atoms with Crippen molar-refractivity contribution in [2.24, 2.45) is 0 Å². The van der Waals surface area contributed by atoms with Crippen molar-refractivity contribution in [2.75, 3.05) is 13.1 Å². The lowest BCUT2D eigenvalue weighted by molar-refractivity contribution is 0.324. The summed E-state index contributed by atoms with van der Waals surface area (Å²) in [5.74, 6) is 0. The summed E-state index contributed by atoms with van der Waals surface area (Å²) < 4.78 is 29.3. The van der Waals surface area contributed by atoms with Crippen LogP contribution in [0.3, 0.4) is 0 Å². The quantitative estimate of drug-likeness (QED) is 0.851. The molecular weight excluding hydrogens is 356 g/mol. The second kappa shape index (κ2) is 7.74. The second-order valence-electron chi connectivity index (χ2n) is 7.78.